The standard InChI is InChI=1S/C19H20N2O4S/c1-4-25-19(24)15-12(3)16(17(20)23)26-18(15)21-14(22)10-9-13-7-5-11(2)6-8-13/h5-10H,4H2,1-3H3,(H2,20,23)(H,21,22). The number of thiophene rings is 1. The minimum absolute atomic E-state index is 0.155. The minimum Gasteiger partial charge on any atom is -0.462 e. The highest BCUT2D eigenvalue weighted by atomic mass is 32.1. The fourth-order valence-corrected chi connectivity index (χ4v) is 3.34. The monoisotopic (exact) mass is 372 g/mol. The van der Waals surface area contributed by atoms with Crippen molar-refractivity contribution in [1.82, 2.24) is 0 Å². The van der Waals surface area contributed by atoms with Gasteiger partial charge in [0, 0.05) is 6.08 Å². The number of amides is 2. The first-order chi connectivity index (χ1) is 12.3. The number of esters is 1. The van der Waals surface area contributed by atoms with Crippen molar-refractivity contribution in [2.75, 3.05) is 11.9 Å². The van der Waals surface area contributed by atoms with Gasteiger partial charge in [-0.3, -0.25) is 9.59 Å². The number of primary amides is 1. The van der Waals surface area contributed by atoms with E-state index in [0.717, 1.165) is 22.5 Å². The molecule has 1 aromatic heterocycles. The Kier molecular flexibility index (Phi) is 6.30. The molecule has 0 fully saturated rings. The third kappa shape index (κ3) is 4.58. The first-order valence-electron chi connectivity index (χ1n) is 7.99. The molecule has 2 amide bonds. The number of anilines is 1. The maximum absolute atomic E-state index is 12.2. The third-order valence-electron chi connectivity index (χ3n) is 3.59. The summed E-state index contributed by atoms with van der Waals surface area (Å²) in [6.07, 6.45) is 3.02. The quantitative estimate of drug-likeness (QED) is 0.600. The molecule has 7 heteroatoms. The summed E-state index contributed by atoms with van der Waals surface area (Å²) < 4.78 is 5.01. The molecule has 0 radical (unpaired) electrons. The van der Waals surface area contributed by atoms with E-state index in [0.29, 0.717) is 5.56 Å². The van der Waals surface area contributed by atoms with Gasteiger partial charge in [-0.05, 0) is 38.0 Å². The first kappa shape index (κ1) is 19.4. The fraction of sp³-hybridized carbons (Fsp3) is 0.211. The molecule has 2 aromatic rings. The maximum atomic E-state index is 12.2. The van der Waals surface area contributed by atoms with E-state index in [4.69, 9.17) is 10.5 Å². The van der Waals surface area contributed by atoms with Gasteiger partial charge in [0.05, 0.1) is 17.0 Å². The average Bonchev–Trinajstić information content (AvgIpc) is 2.91. The molecule has 1 heterocycles. The number of carbonyl (C=O) groups excluding carboxylic acids is 3. The highest BCUT2D eigenvalue weighted by Crippen LogP contribution is 2.33. The van der Waals surface area contributed by atoms with E-state index in [9.17, 15) is 14.4 Å². The van der Waals surface area contributed by atoms with Gasteiger partial charge in [0.1, 0.15) is 5.00 Å². The van der Waals surface area contributed by atoms with Crippen LogP contribution in [0.3, 0.4) is 0 Å². The van der Waals surface area contributed by atoms with Gasteiger partial charge in [-0.2, -0.15) is 0 Å². The second-order valence-corrected chi connectivity index (χ2v) is 6.60. The van der Waals surface area contributed by atoms with Crippen molar-refractivity contribution >= 4 is 40.2 Å². The maximum Gasteiger partial charge on any atom is 0.341 e. The normalized spacial score (nSPS) is 10.7. The van der Waals surface area contributed by atoms with Crippen LogP contribution in [-0.2, 0) is 9.53 Å². The SMILES string of the molecule is CCOC(=O)c1c(NC(=O)C=Cc2ccc(C)cc2)sc(C(N)=O)c1C. The molecule has 0 aliphatic rings. The molecule has 0 aliphatic heterocycles. The van der Waals surface area contributed by atoms with Crippen LogP contribution < -0.4 is 11.1 Å². The number of benzene rings is 1. The zero-order valence-corrected chi connectivity index (χ0v) is 15.6. The molecule has 26 heavy (non-hydrogen) atoms. The molecule has 0 spiro atoms. The Balaban J connectivity index is 2.25. The van der Waals surface area contributed by atoms with Crippen LogP contribution in [0.1, 0.15) is 43.6 Å². The lowest BCUT2D eigenvalue weighted by molar-refractivity contribution is -0.111. The third-order valence-corrected chi connectivity index (χ3v) is 4.81. The first-order valence-corrected chi connectivity index (χ1v) is 8.81. The summed E-state index contributed by atoms with van der Waals surface area (Å²) >= 11 is 0.959. The van der Waals surface area contributed by atoms with Crippen LogP contribution in [-0.4, -0.2) is 24.4 Å². The van der Waals surface area contributed by atoms with E-state index in [1.54, 1.807) is 19.9 Å². The van der Waals surface area contributed by atoms with Crippen LogP contribution in [0.5, 0.6) is 0 Å². The van der Waals surface area contributed by atoms with Gasteiger partial charge in [-0.15, -0.1) is 11.3 Å². The molecule has 2 rings (SSSR count). The van der Waals surface area contributed by atoms with Crippen molar-refractivity contribution in [2.45, 2.75) is 20.8 Å². The molecule has 3 N–H and O–H groups in total. The van der Waals surface area contributed by atoms with Gasteiger partial charge >= 0.3 is 5.97 Å². The largest absolute Gasteiger partial charge is 0.462 e. The molecule has 0 aliphatic carbocycles. The van der Waals surface area contributed by atoms with Crippen molar-refractivity contribution in [2.24, 2.45) is 5.73 Å². The molecule has 0 unspecified atom stereocenters. The van der Waals surface area contributed by atoms with E-state index in [1.165, 1.54) is 6.08 Å². The van der Waals surface area contributed by atoms with E-state index >= 15 is 0 Å². The van der Waals surface area contributed by atoms with Crippen LogP contribution >= 0.6 is 11.3 Å². The predicted octanol–water partition coefficient (Wildman–Crippen LogP) is 3.29. The number of ether oxygens (including phenoxy) is 1. The second-order valence-electron chi connectivity index (χ2n) is 5.58. The van der Waals surface area contributed by atoms with Crippen LogP contribution in [0.15, 0.2) is 30.3 Å². The molecule has 0 saturated heterocycles. The van der Waals surface area contributed by atoms with Crippen LogP contribution in [0.25, 0.3) is 6.08 Å². The molecule has 6 nitrogen and oxygen atoms in total. The lowest BCUT2D eigenvalue weighted by atomic mass is 10.1. The lowest BCUT2D eigenvalue weighted by Crippen LogP contribution is -2.13. The molecule has 1 aromatic carbocycles. The Morgan fingerprint density at radius 2 is 1.85 bits per heavy atom. The Morgan fingerprint density at radius 1 is 1.19 bits per heavy atom. The fourth-order valence-electron chi connectivity index (χ4n) is 2.29. The van der Waals surface area contributed by atoms with Crippen molar-refractivity contribution in [3.05, 3.63) is 57.5 Å². The van der Waals surface area contributed by atoms with Gasteiger partial charge < -0.3 is 15.8 Å². The Bertz CT molecular complexity index is 866. The zero-order chi connectivity index (χ0) is 19.3. The molecule has 0 saturated carbocycles. The number of nitrogens with two attached hydrogens (primary N) is 1. The average molecular weight is 372 g/mol. The lowest BCUT2D eigenvalue weighted by Gasteiger charge is -2.05. The zero-order valence-electron chi connectivity index (χ0n) is 14.8. The van der Waals surface area contributed by atoms with E-state index in [2.05, 4.69) is 5.32 Å². The second kappa shape index (κ2) is 8.44. The summed E-state index contributed by atoms with van der Waals surface area (Å²) in [5.74, 6) is -1.69. The van der Waals surface area contributed by atoms with Crippen LogP contribution in [0.2, 0.25) is 0 Å². The summed E-state index contributed by atoms with van der Waals surface area (Å²) in [6, 6.07) is 7.67. The topological polar surface area (TPSA) is 98.5 Å². The van der Waals surface area contributed by atoms with Gasteiger partial charge in [-0.25, -0.2) is 4.79 Å². The molecule has 0 atom stereocenters. The van der Waals surface area contributed by atoms with Crippen molar-refractivity contribution in [3.63, 3.8) is 0 Å². The molecular formula is C19H20N2O4S. The van der Waals surface area contributed by atoms with Gasteiger partial charge in [0.25, 0.3) is 5.91 Å². The number of hydrogen-bond acceptors (Lipinski definition) is 5. The number of rotatable bonds is 6. The summed E-state index contributed by atoms with van der Waals surface area (Å²) in [4.78, 5) is 36.2. The Hall–Kier alpha value is -2.93. The summed E-state index contributed by atoms with van der Waals surface area (Å²) in [7, 11) is 0. The number of hydrogen-bond donors (Lipinski definition) is 2. The minimum atomic E-state index is -0.659. The van der Waals surface area contributed by atoms with Gasteiger partial charge in [0.2, 0.25) is 5.91 Å². The smallest absolute Gasteiger partial charge is 0.341 e. The number of nitrogens with one attached hydrogen (secondary N) is 1. The van der Waals surface area contributed by atoms with Gasteiger partial charge in [0.15, 0.2) is 0 Å². The summed E-state index contributed by atoms with van der Waals surface area (Å²) in [6.45, 7) is 5.44. The Labute approximate surface area is 155 Å². The number of aryl methyl sites for hydroxylation is 1. The van der Waals surface area contributed by atoms with Gasteiger partial charge in [-0.1, -0.05) is 29.8 Å². The van der Waals surface area contributed by atoms with E-state index in [1.807, 2.05) is 31.2 Å². The molecular weight excluding hydrogens is 352 g/mol. The highest BCUT2D eigenvalue weighted by molar-refractivity contribution is 7.18. The van der Waals surface area contributed by atoms with E-state index < -0.39 is 17.8 Å². The summed E-state index contributed by atoms with van der Waals surface area (Å²) in [5.41, 5.74) is 7.89. The highest BCUT2D eigenvalue weighted by Gasteiger charge is 2.25. The molecule has 0 bridgehead atoms. The number of carbonyl (C=O) groups is 3. The van der Waals surface area contributed by atoms with Crippen molar-refractivity contribution < 1.29 is 19.1 Å². The Morgan fingerprint density at radius 3 is 2.42 bits per heavy atom. The summed E-state index contributed by atoms with van der Waals surface area (Å²) in [5, 5.41) is 2.88. The van der Waals surface area contributed by atoms with Crippen LogP contribution in [0, 0.1) is 13.8 Å². The van der Waals surface area contributed by atoms with Crippen molar-refractivity contribution in [3.8, 4) is 0 Å². The van der Waals surface area contributed by atoms with Crippen LogP contribution in [0.4, 0.5) is 5.00 Å². The van der Waals surface area contributed by atoms with E-state index in [-0.39, 0.29) is 22.0 Å². The van der Waals surface area contributed by atoms with Crippen molar-refractivity contribution in [1.29, 1.82) is 0 Å². The molecule has 136 valence electrons. The predicted molar refractivity (Wildman–Crippen MR) is 102 cm³/mol.